The second-order valence-corrected chi connectivity index (χ2v) is 8.45. The number of benzene rings is 1. The molecule has 0 atom stereocenters. The minimum absolute atomic E-state index is 0.130. The van der Waals surface area contributed by atoms with Crippen molar-refractivity contribution >= 4 is 5.96 Å². The van der Waals surface area contributed by atoms with Crippen molar-refractivity contribution in [3.05, 3.63) is 29.3 Å². The van der Waals surface area contributed by atoms with E-state index in [1.165, 1.54) is 18.4 Å². The third kappa shape index (κ3) is 6.34. The fourth-order valence-corrected chi connectivity index (χ4v) is 4.06. The summed E-state index contributed by atoms with van der Waals surface area (Å²) >= 11 is 0. The minimum atomic E-state index is -0.130. The number of aliphatic hydroxyl groups is 1. The molecule has 0 radical (unpaired) electrons. The van der Waals surface area contributed by atoms with Crippen LogP contribution in [0.1, 0.15) is 56.6 Å². The zero-order valence-corrected chi connectivity index (χ0v) is 18.0. The van der Waals surface area contributed by atoms with Gasteiger partial charge in [0, 0.05) is 37.3 Å². The molecular formula is C23H37N3O3. The Hall–Kier alpha value is -1.79. The first-order chi connectivity index (χ1) is 14.1. The van der Waals surface area contributed by atoms with Gasteiger partial charge in [0.25, 0.3) is 0 Å². The van der Waals surface area contributed by atoms with E-state index in [9.17, 15) is 5.11 Å². The van der Waals surface area contributed by atoms with E-state index in [0.717, 1.165) is 49.5 Å². The summed E-state index contributed by atoms with van der Waals surface area (Å²) in [6, 6.07) is 6.38. The summed E-state index contributed by atoms with van der Waals surface area (Å²) in [5, 5.41) is 16.7. The van der Waals surface area contributed by atoms with E-state index in [1.807, 2.05) is 0 Å². The highest BCUT2D eigenvalue weighted by atomic mass is 16.5. The average molecular weight is 404 g/mol. The molecule has 2 aliphatic rings. The number of hydrogen-bond donors (Lipinski definition) is 3. The van der Waals surface area contributed by atoms with Gasteiger partial charge < -0.3 is 25.2 Å². The number of hydrogen-bond acceptors (Lipinski definition) is 4. The number of nitrogens with zero attached hydrogens (tertiary/aromatic N) is 1. The van der Waals surface area contributed by atoms with Gasteiger partial charge in [0.05, 0.1) is 19.3 Å². The van der Waals surface area contributed by atoms with Gasteiger partial charge in [-0.3, -0.25) is 0 Å². The van der Waals surface area contributed by atoms with Crippen LogP contribution in [0.3, 0.4) is 0 Å². The smallest absolute Gasteiger partial charge is 0.191 e. The van der Waals surface area contributed by atoms with Gasteiger partial charge in [-0.15, -0.1) is 0 Å². The Bertz CT molecular complexity index is 665. The highest BCUT2D eigenvalue weighted by molar-refractivity contribution is 5.79. The first-order valence-electron chi connectivity index (χ1n) is 11.1. The maximum Gasteiger partial charge on any atom is 0.191 e. The van der Waals surface area contributed by atoms with Gasteiger partial charge in [-0.2, -0.15) is 0 Å². The third-order valence-corrected chi connectivity index (χ3v) is 6.09. The minimum Gasteiger partial charge on any atom is -0.490 e. The van der Waals surface area contributed by atoms with Crippen molar-refractivity contribution in [2.75, 3.05) is 32.9 Å². The van der Waals surface area contributed by atoms with Crippen molar-refractivity contribution < 1.29 is 14.6 Å². The van der Waals surface area contributed by atoms with E-state index < -0.39 is 0 Å². The van der Waals surface area contributed by atoms with Gasteiger partial charge in [-0.1, -0.05) is 12.1 Å². The van der Waals surface area contributed by atoms with Gasteiger partial charge in [-0.05, 0) is 64.0 Å². The summed E-state index contributed by atoms with van der Waals surface area (Å²) in [5.74, 6) is 1.74. The molecule has 0 bridgehead atoms. The number of aliphatic hydroxyl groups excluding tert-OH is 1. The predicted octanol–water partition coefficient (Wildman–Crippen LogP) is 3.16. The lowest BCUT2D eigenvalue weighted by Crippen LogP contribution is -2.47. The van der Waals surface area contributed by atoms with E-state index in [2.05, 4.69) is 42.7 Å². The molecular weight excluding hydrogens is 366 g/mol. The van der Waals surface area contributed by atoms with E-state index in [0.29, 0.717) is 32.4 Å². The van der Waals surface area contributed by atoms with Crippen molar-refractivity contribution in [2.24, 2.45) is 10.4 Å². The second kappa shape index (κ2) is 10.8. The molecule has 6 nitrogen and oxygen atoms in total. The first kappa shape index (κ1) is 21.9. The lowest BCUT2D eigenvalue weighted by atomic mass is 9.81. The SMILES string of the molecule is CCNC(=NCc1ccc(C)cc1OC1CCCC1)NCC1(CO)CCOCC1. The summed E-state index contributed by atoms with van der Waals surface area (Å²) in [5.41, 5.74) is 2.19. The second-order valence-electron chi connectivity index (χ2n) is 8.45. The molecule has 162 valence electrons. The zero-order chi connectivity index (χ0) is 20.5. The molecule has 0 aromatic heterocycles. The molecule has 3 N–H and O–H groups in total. The van der Waals surface area contributed by atoms with Crippen LogP contribution in [0.25, 0.3) is 0 Å². The van der Waals surface area contributed by atoms with Gasteiger partial charge >= 0.3 is 0 Å². The molecule has 1 aliphatic heterocycles. The van der Waals surface area contributed by atoms with Crippen molar-refractivity contribution in [3.63, 3.8) is 0 Å². The Balaban J connectivity index is 1.66. The Morgan fingerprint density at radius 2 is 2.00 bits per heavy atom. The van der Waals surface area contributed by atoms with Crippen molar-refractivity contribution in [2.45, 2.75) is 65.0 Å². The van der Waals surface area contributed by atoms with Gasteiger partial charge in [-0.25, -0.2) is 4.99 Å². The molecule has 1 heterocycles. The van der Waals surface area contributed by atoms with Crippen LogP contribution >= 0.6 is 0 Å². The third-order valence-electron chi connectivity index (χ3n) is 6.09. The van der Waals surface area contributed by atoms with Crippen molar-refractivity contribution in [1.29, 1.82) is 0 Å². The highest BCUT2D eigenvalue weighted by Gasteiger charge is 2.32. The van der Waals surface area contributed by atoms with Gasteiger partial charge in [0.15, 0.2) is 5.96 Å². The number of nitrogens with one attached hydrogen (secondary N) is 2. The van der Waals surface area contributed by atoms with Crippen molar-refractivity contribution in [1.82, 2.24) is 10.6 Å². The van der Waals surface area contributed by atoms with Gasteiger partial charge in [0.1, 0.15) is 5.75 Å². The number of ether oxygens (including phenoxy) is 2. The monoisotopic (exact) mass is 403 g/mol. The Labute approximate surface area is 175 Å². The molecule has 3 rings (SSSR count). The normalized spacial score (nSPS) is 19.9. The van der Waals surface area contributed by atoms with Crippen LogP contribution in [-0.4, -0.2) is 50.1 Å². The molecule has 1 aliphatic carbocycles. The quantitative estimate of drug-likeness (QED) is 0.459. The lowest BCUT2D eigenvalue weighted by Gasteiger charge is -2.36. The Morgan fingerprint density at radius 1 is 1.24 bits per heavy atom. The van der Waals surface area contributed by atoms with E-state index in [-0.39, 0.29) is 12.0 Å². The number of aryl methyl sites for hydroxylation is 1. The average Bonchev–Trinajstić information content (AvgIpc) is 3.25. The van der Waals surface area contributed by atoms with Crippen LogP contribution in [0.5, 0.6) is 5.75 Å². The summed E-state index contributed by atoms with van der Waals surface area (Å²) in [6.45, 7) is 7.80. The van der Waals surface area contributed by atoms with Crippen LogP contribution in [0.4, 0.5) is 0 Å². The molecule has 6 heteroatoms. The van der Waals surface area contributed by atoms with E-state index in [1.54, 1.807) is 0 Å². The van der Waals surface area contributed by atoms with Crippen LogP contribution in [0.2, 0.25) is 0 Å². The predicted molar refractivity (Wildman–Crippen MR) is 116 cm³/mol. The van der Waals surface area contributed by atoms with Gasteiger partial charge in [0.2, 0.25) is 0 Å². The topological polar surface area (TPSA) is 75.1 Å². The van der Waals surface area contributed by atoms with E-state index >= 15 is 0 Å². The summed E-state index contributed by atoms with van der Waals surface area (Å²) < 4.78 is 11.8. The molecule has 29 heavy (non-hydrogen) atoms. The molecule has 1 saturated carbocycles. The summed E-state index contributed by atoms with van der Waals surface area (Å²) in [7, 11) is 0. The molecule has 2 fully saturated rings. The number of aliphatic imine (C=N–C) groups is 1. The van der Waals surface area contributed by atoms with Crippen LogP contribution < -0.4 is 15.4 Å². The van der Waals surface area contributed by atoms with Crippen LogP contribution in [0, 0.1) is 12.3 Å². The largest absolute Gasteiger partial charge is 0.490 e. The lowest BCUT2D eigenvalue weighted by molar-refractivity contribution is -0.0131. The molecule has 0 amide bonds. The maximum absolute atomic E-state index is 9.92. The molecule has 1 aromatic rings. The fourth-order valence-electron chi connectivity index (χ4n) is 4.06. The van der Waals surface area contributed by atoms with E-state index in [4.69, 9.17) is 14.5 Å². The Morgan fingerprint density at radius 3 is 2.69 bits per heavy atom. The molecule has 1 aromatic carbocycles. The highest BCUT2D eigenvalue weighted by Crippen LogP contribution is 2.29. The standard InChI is InChI=1S/C23H37N3O3/c1-3-24-22(26-16-23(17-27)10-12-28-13-11-23)25-15-19-9-8-18(2)14-21(19)29-20-6-4-5-7-20/h8-9,14,20,27H,3-7,10-13,15-17H2,1-2H3,(H2,24,25,26). The molecule has 0 unspecified atom stereocenters. The molecule has 0 spiro atoms. The fraction of sp³-hybridized carbons (Fsp3) is 0.696. The van der Waals surface area contributed by atoms with Crippen LogP contribution in [-0.2, 0) is 11.3 Å². The first-order valence-corrected chi connectivity index (χ1v) is 11.1. The number of rotatable bonds is 8. The van der Waals surface area contributed by atoms with Crippen molar-refractivity contribution in [3.8, 4) is 5.75 Å². The number of guanidine groups is 1. The zero-order valence-electron chi connectivity index (χ0n) is 18.0. The summed E-state index contributed by atoms with van der Waals surface area (Å²) in [4.78, 5) is 4.80. The Kier molecular flexibility index (Phi) is 8.19. The van der Waals surface area contributed by atoms with Crippen LogP contribution in [0.15, 0.2) is 23.2 Å². The summed E-state index contributed by atoms with van der Waals surface area (Å²) in [6.07, 6.45) is 6.89. The molecule has 1 saturated heterocycles. The maximum atomic E-state index is 9.92.